The van der Waals surface area contributed by atoms with Crippen molar-refractivity contribution in [1.29, 1.82) is 0 Å². The van der Waals surface area contributed by atoms with Gasteiger partial charge >= 0.3 is 0 Å². The van der Waals surface area contributed by atoms with Crippen LogP contribution in [0.1, 0.15) is 11.6 Å². The van der Waals surface area contributed by atoms with Crippen LogP contribution in [0.5, 0.6) is 0 Å². The van der Waals surface area contributed by atoms with Gasteiger partial charge in [0, 0.05) is 0 Å². The van der Waals surface area contributed by atoms with Crippen LogP contribution in [0.4, 0.5) is 0 Å². The molecule has 2 heteroatoms. The van der Waals surface area contributed by atoms with Gasteiger partial charge in [-0.3, -0.25) is 0 Å². The van der Waals surface area contributed by atoms with Gasteiger partial charge in [-0.15, -0.1) is 0 Å². The van der Waals surface area contributed by atoms with E-state index in [0.717, 1.165) is 11.8 Å². The highest BCUT2D eigenvalue weighted by molar-refractivity contribution is 5.60. The normalized spacial score (nSPS) is 12.5. The number of carbonyl (C=O) groups excluding carboxylic acids is 1. The largest absolute Gasteiger partial charge is 0.318 e. The fourth-order valence-electron chi connectivity index (χ4n) is 0.754. The van der Waals surface area contributed by atoms with Crippen molar-refractivity contribution < 1.29 is 4.79 Å². The SMILES string of the molecule is N[C@@H](C=O)c1ccccc1. The first-order valence-electron chi connectivity index (χ1n) is 3.10. The Hall–Kier alpha value is -1.15. The maximum absolute atomic E-state index is 10.2. The number of benzene rings is 1. The van der Waals surface area contributed by atoms with E-state index in [1.54, 1.807) is 0 Å². The highest BCUT2D eigenvalue weighted by atomic mass is 16.1. The molecule has 0 radical (unpaired) electrons. The summed E-state index contributed by atoms with van der Waals surface area (Å²) in [5, 5.41) is 0. The molecule has 0 aliphatic heterocycles. The van der Waals surface area contributed by atoms with E-state index >= 15 is 0 Å². The van der Waals surface area contributed by atoms with E-state index in [9.17, 15) is 4.79 Å². The standard InChI is InChI=1S/C8H9NO/c9-8(6-10)7-4-2-1-3-5-7/h1-6,8H,9H2/t8-/m0/s1. The van der Waals surface area contributed by atoms with Gasteiger partial charge in [-0.1, -0.05) is 30.3 Å². The minimum absolute atomic E-state index is 0.471. The Morgan fingerprint density at radius 2 is 1.90 bits per heavy atom. The lowest BCUT2D eigenvalue weighted by atomic mass is 10.1. The zero-order valence-electron chi connectivity index (χ0n) is 5.53. The molecule has 0 heterocycles. The van der Waals surface area contributed by atoms with Gasteiger partial charge in [0.1, 0.15) is 6.29 Å². The first-order chi connectivity index (χ1) is 4.84. The third kappa shape index (κ3) is 1.42. The first-order valence-corrected chi connectivity index (χ1v) is 3.10. The van der Waals surface area contributed by atoms with Crippen molar-refractivity contribution in [2.45, 2.75) is 6.04 Å². The second kappa shape index (κ2) is 3.13. The van der Waals surface area contributed by atoms with Gasteiger partial charge in [0.05, 0.1) is 6.04 Å². The second-order valence-corrected chi connectivity index (χ2v) is 2.07. The molecule has 52 valence electrons. The second-order valence-electron chi connectivity index (χ2n) is 2.07. The minimum Gasteiger partial charge on any atom is -0.318 e. The molecule has 0 unspecified atom stereocenters. The number of nitrogens with two attached hydrogens (primary N) is 1. The molecule has 0 bridgehead atoms. The average molecular weight is 135 g/mol. The van der Waals surface area contributed by atoms with Crippen molar-refractivity contribution in [3.8, 4) is 0 Å². The summed E-state index contributed by atoms with van der Waals surface area (Å²) < 4.78 is 0. The van der Waals surface area contributed by atoms with Gasteiger partial charge in [-0.2, -0.15) is 0 Å². The zero-order chi connectivity index (χ0) is 7.40. The summed E-state index contributed by atoms with van der Waals surface area (Å²) in [7, 11) is 0. The van der Waals surface area contributed by atoms with Crippen LogP contribution in [-0.2, 0) is 4.79 Å². The molecular weight excluding hydrogens is 126 g/mol. The molecular formula is C8H9NO. The summed E-state index contributed by atoms with van der Waals surface area (Å²) >= 11 is 0. The highest BCUT2D eigenvalue weighted by Crippen LogP contribution is 2.05. The van der Waals surface area contributed by atoms with Crippen LogP contribution in [0.3, 0.4) is 0 Å². The van der Waals surface area contributed by atoms with Crippen molar-refractivity contribution in [3.05, 3.63) is 35.9 Å². The number of hydrogen-bond donors (Lipinski definition) is 1. The van der Waals surface area contributed by atoms with Crippen LogP contribution in [0, 0.1) is 0 Å². The van der Waals surface area contributed by atoms with Gasteiger partial charge < -0.3 is 10.5 Å². The summed E-state index contributed by atoms with van der Waals surface area (Å²) in [6, 6.07) is 8.80. The molecule has 10 heavy (non-hydrogen) atoms. The summed E-state index contributed by atoms with van der Waals surface area (Å²) in [5.41, 5.74) is 6.29. The molecule has 1 atom stereocenters. The van der Waals surface area contributed by atoms with E-state index in [-0.39, 0.29) is 0 Å². The van der Waals surface area contributed by atoms with Gasteiger partial charge in [0.2, 0.25) is 0 Å². The molecule has 2 nitrogen and oxygen atoms in total. The van der Waals surface area contributed by atoms with Crippen LogP contribution in [0.25, 0.3) is 0 Å². The van der Waals surface area contributed by atoms with Gasteiger partial charge in [0.15, 0.2) is 0 Å². The van der Waals surface area contributed by atoms with E-state index in [2.05, 4.69) is 0 Å². The molecule has 0 saturated heterocycles. The number of rotatable bonds is 2. The molecule has 2 N–H and O–H groups in total. The summed E-state index contributed by atoms with van der Waals surface area (Å²) in [6.45, 7) is 0. The van der Waals surface area contributed by atoms with Crippen LogP contribution in [-0.4, -0.2) is 6.29 Å². The highest BCUT2D eigenvalue weighted by Gasteiger charge is 1.99. The molecule has 1 aromatic carbocycles. The van der Waals surface area contributed by atoms with Crippen molar-refractivity contribution in [3.63, 3.8) is 0 Å². The monoisotopic (exact) mass is 135 g/mol. The fourth-order valence-corrected chi connectivity index (χ4v) is 0.754. The fraction of sp³-hybridized carbons (Fsp3) is 0.125. The van der Waals surface area contributed by atoms with Crippen LogP contribution in [0.2, 0.25) is 0 Å². The lowest BCUT2D eigenvalue weighted by molar-refractivity contribution is -0.109. The molecule has 1 rings (SSSR count). The van der Waals surface area contributed by atoms with Crippen LogP contribution < -0.4 is 5.73 Å². The first kappa shape index (κ1) is 6.96. The predicted octanol–water partition coefficient (Wildman–Crippen LogP) is 0.885. The van der Waals surface area contributed by atoms with Crippen LogP contribution in [0.15, 0.2) is 30.3 Å². The Labute approximate surface area is 59.7 Å². The Bertz CT molecular complexity index is 208. The molecule has 0 spiro atoms. The average Bonchev–Trinajstić information content (AvgIpc) is 2.05. The molecule has 0 aliphatic carbocycles. The summed E-state index contributed by atoms with van der Waals surface area (Å²) in [5.74, 6) is 0. The van der Waals surface area contributed by atoms with E-state index < -0.39 is 6.04 Å². The smallest absolute Gasteiger partial charge is 0.141 e. The topological polar surface area (TPSA) is 43.1 Å². The third-order valence-electron chi connectivity index (χ3n) is 1.33. The van der Waals surface area contributed by atoms with Gasteiger partial charge in [-0.05, 0) is 5.56 Å². The van der Waals surface area contributed by atoms with Crippen molar-refractivity contribution in [1.82, 2.24) is 0 Å². The zero-order valence-corrected chi connectivity index (χ0v) is 5.53. The molecule has 0 aliphatic rings. The Morgan fingerprint density at radius 1 is 1.30 bits per heavy atom. The van der Waals surface area contributed by atoms with Crippen molar-refractivity contribution in [2.24, 2.45) is 5.73 Å². The number of aldehydes is 1. The van der Waals surface area contributed by atoms with Crippen molar-refractivity contribution in [2.75, 3.05) is 0 Å². The molecule has 0 amide bonds. The molecule has 0 aromatic heterocycles. The Balaban J connectivity index is 2.84. The lowest BCUT2D eigenvalue weighted by Gasteiger charge is -2.00. The van der Waals surface area contributed by atoms with Gasteiger partial charge in [0.25, 0.3) is 0 Å². The van der Waals surface area contributed by atoms with E-state index in [1.807, 2.05) is 30.3 Å². The quantitative estimate of drug-likeness (QED) is 0.612. The maximum Gasteiger partial charge on any atom is 0.141 e. The molecule has 0 fully saturated rings. The van der Waals surface area contributed by atoms with E-state index in [1.165, 1.54) is 0 Å². The molecule has 0 saturated carbocycles. The number of hydrogen-bond acceptors (Lipinski definition) is 2. The third-order valence-corrected chi connectivity index (χ3v) is 1.33. The summed E-state index contributed by atoms with van der Waals surface area (Å²) in [4.78, 5) is 10.2. The molecule has 1 aromatic rings. The van der Waals surface area contributed by atoms with E-state index in [0.29, 0.717) is 0 Å². The predicted molar refractivity (Wildman–Crippen MR) is 39.4 cm³/mol. The van der Waals surface area contributed by atoms with E-state index in [4.69, 9.17) is 5.73 Å². The van der Waals surface area contributed by atoms with Crippen LogP contribution >= 0.6 is 0 Å². The maximum atomic E-state index is 10.2. The van der Waals surface area contributed by atoms with Crippen molar-refractivity contribution >= 4 is 6.29 Å². The minimum atomic E-state index is -0.471. The Morgan fingerprint density at radius 3 is 2.40 bits per heavy atom. The Kier molecular flexibility index (Phi) is 2.18. The van der Waals surface area contributed by atoms with Gasteiger partial charge in [-0.25, -0.2) is 0 Å². The lowest BCUT2D eigenvalue weighted by Crippen LogP contribution is -2.10. The summed E-state index contributed by atoms with van der Waals surface area (Å²) in [6.07, 6.45) is 0.731. The number of carbonyl (C=O) groups is 1.